The van der Waals surface area contributed by atoms with Gasteiger partial charge in [0.15, 0.2) is 11.6 Å². The van der Waals surface area contributed by atoms with E-state index in [0.29, 0.717) is 22.0 Å². The molecule has 1 N–H and O–H groups in total. The van der Waals surface area contributed by atoms with Crippen molar-refractivity contribution in [1.82, 2.24) is 15.1 Å². The third kappa shape index (κ3) is 3.56. The standard InChI is InChI=1S/C19H18FN3O3/c1-23(11-12-7-8-17(26-2)15(20)9-12)18(24)10-16-13-5-3-4-6-14(13)19(25)22-21-16/h3-9H,10-11H2,1-2H3,(H,22,25). The van der Waals surface area contributed by atoms with Crippen molar-refractivity contribution < 1.29 is 13.9 Å². The molecule has 1 heterocycles. The summed E-state index contributed by atoms with van der Waals surface area (Å²) >= 11 is 0. The molecule has 0 aliphatic carbocycles. The number of nitrogens with one attached hydrogen (secondary N) is 1. The van der Waals surface area contributed by atoms with Crippen molar-refractivity contribution in [1.29, 1.82) is 0 Å². The predicted octanol–water partition coefficient (Wildman–Crippen LogP) is 2.27. The Hall–Kier alpha value is -3.22. The highest BCUT2D eigenvalue weighted by Gasteiger charge is 2.15. The fourth-order valence-electron chi connectivity index (χ4n) is 2.75. The number of benzene rings is 2. The monoisotopic (exact) mass is 355 g/mol. The Balaban J connectivity index is 1.77. The number of nitrogens with zero attached hydrogens (tertiary/aromatic N) is 2. The number of carbonyl (C=O) groups excluding carboxylic acids is 1. The molecule has 0 radical (unpaired) electrons. The van der Waals surface area contributed by atoms with Crippen molar-refractivity contribution in [3.8, 4) is 5.75 Å². The molecule has 0 bridgehead atoms. The van der Waals surface area contributed by atoms with Gasteiger partial charge in [-0.15, -0.1) is 0 Å². The van der Waals surface area contributed by atoms with Crippen LogP contribution in [0.2, 0.25) is 0 Å². The van der Waals surface area contributed by atoms with Crippen LogP contribution in [0, 0.1) is 5.82 Å². The van der Waals surface area contributed by atoms with E-state index in [1.807, 2.05) is 0 Å². The minimum Gasteiger partial charge on any atom is -0.494 e. The van der Waals surface area contributed by atoms with Crippen LogP contribution in [0.15, 0.2) is 47.3 Å². The highest BCUT2D eigenvalue weighted by atomic mass is 19.1. The molecule has 0 fully saturated rings. The third-order valence-corrected chi connectivity index (χ3v) is 4.16. The van der Waals surface area contributed by atoms with Gasteiger partial charge in [0.2, 0.25) is 5.91 Å². The van der Waals surface area contributed by atoms with Gasteiger partial charge < -0.3 is 9.64 Å². The van der Waals surface area contributed by atoms with E-state index in [9.17, 15) is 14.0 Å². The number of carbonyl (C=O) groups is 1. The first-order chi connectivity index (χ1) is 12.5. The number of aromatic amines is 1. The molecule has 134 valence electrons. The van der Waals surface area contributed by atoms with Gasteiger partial charge in [-0.05, 0) is 23.8 Å². The lowest BCUT2D eigenvalue weighted by atomic mass is 10.1. The summed E-state index contributed by atoms with van der Waals surface area (Å²) in [6.45, 7) is 0.251. The van der Waals surface area contributed by atoms with Gasteiger partial charge >= 0.3 is 0 Å². The van der Waals surface area contributed by atoms with E-state index in [4.69, 9.17) is 4.74 Å². The Kier molecular flexibility index (Phi) is 4.97. The Bertz CT molecular complexity index is 1020. The fraction of sp³-hybridized carbons (Fsp3) is 0.211. The van der Waals surface area contributed by atoms with Gasteiger partial charge in [-0.25, -0.2) is 9.49 Å². The molecule has 0 aliphatic rings. The van der Waals surface area contributed by atoms with Gasteiger partial charge in [-0.2, -0.15) is 5.10 Å². The van der Waals surface area contributed by atoms with E-state index < -0.39 is 5.82 Å². The van der Waals surface area contributed by atoms with Crippen LogP contribution in [-0.4, -0.2) is 35.2 Å². The molecular weight excluding hydrogens is 337 g/mol. The Morgan fingerprint density at radius 3 is 2.65 bits per heavy atom. The summed E-state index contributed by atoms with van der Waals surface area (Å²) < 4.78 is 18.7. The van der Waals surface area contributed by atoms with Crippen LogP contribution >= 0.6 is 0 Å². The number of likely N-dealkylation sites (N-methyl/N-ethyl adjacent to an activating group) is 1. The molecule has 7 heteroatoms. The van der Waals surface area contributed by atoms with Crippen molar-refractivity contribution in [3.05, 3.63) is 69.9 Å². The summed E-state index contributed by atoms with van der Waals surface area (Å²) in [5.41, 5.74) is 0.857. The first-order valence-corrected chi connectivity index (χ1v) is 8.02. The molecule has 0 spiro atoms. The molecule has 3 rings (SSSR count). The SMILES string of the molecule is COc1ccc(CN(C)C(=O)Cc2n[nH]c(=O)c3ccccc23)cc1F. The molecule has 0 aliphatic heterocycles. The number of hydrogen-bond acceptors (Lipinski definition) is 4. The average molecular weight is 355 g/mol. The quantitative estimate of drug-likeness (QED) is 0.762. The summed E-state index contributed by atoms with van der Waals surface area (Å²) in [5.74, 6) is -0.503. The van der Waals surface area contributed by atoms with E-state index >= 15 is 0 Å². The Labute approximate surface area is 149 Å². The molecule has 1 aromatic heterocycles. The molecule has 26 heavy (non-hydrogen) atoms. The lowest BCUT2D eigenvalue weighted by Crippen LogP contribution is -2.28. The van der Waals surface area contributed by atoms with Crippen LogP contribution in [0.5, 0.6) is 5.75 Å². The zero-order valence-corrected chi connectivity index (χ0v) is 14.5. The number of aromatic nitrogens is 2. The average Bonchev–Trinajstić information content (AvgIpc) is 2.64. The zero-order chi connectivity index (χ0) is 18.7. The number of rotatable bonds is 5. The van der Waals surface area contributed by atoms with E-state index in [2.05, 4.69) is 10.2 Å². The second-order valence-corrected chi connectivity index (χ2v) is 5.94. The smallest absolute Gasteiger partial charge is 0.272 e. The summed E-state index contributed by atoms with van der Waals surface area (Å²) in [4.78, 5) is 25.8. The van der Waals surface area contributed by atoms with Crippen LogP contribution < -0.4 is 10.3 Å². The lowest BCUT2D eigenvalue weighted by Gasteiger charge is -2.18. The van der Waals surface area contributed by atoms with Crippen molar-refractivity contribution in [3.63, 3.8) is 0 Å². The summed E-state index contributed by atoms with van der Waals surface area (Å²) in [7, 11) is 3.04. The number of fused-ring (bicyclic) bond motifs is 1. The number of H-pyrrole nitrogens is 1. The van der Waals surface area contributed by atoms with E-state index in [-0.39, 0.29) is 30.2 Å². The molecule has 0 saturated heterocycles. The highest BCUT2D eigenvalue weighted by molar-refractivity contribution is 5.88. The van der Waals surface area contributed by atoms with Crippen LogP contribution in [0.25, 0.3) is 10.8 Å². The van der Waals surface area contributed by atoms with Gasteiger partial charge in [-0.3, -0.25) is 9.59 Å². The number of methoxy groups -OCH3 is 1. The molecule has 6 nitrogen and oxygen atoms in total. The fourth-order valence-corrected chi connectivity index (χ4v) is 2.75. The summed E-state index contributed by atoms with van der Waals surface area (Å²) in [6, 6.07) is 11.6. The predicted molar refractivity (Wildman–Crippen MR) is 95.5 cm³/mol. The normalized spacial score (nSPS) is 10.7. The molecule has 0 atom stereocenters. The van der Waals surface area contributed by atoms with Gasteiger partial charge in [0, 0.05) is 19.0 Å². The minimum absolute atomic E-state index is 0.0342. The van der Waals surface area contributed by atoms with Crippen molar-refractivity contribution >= 4 is 16.7 Å². The largest absolute Gasteiger partial charge is 0.494 e. The molecular formula is C19H18FN3O3. The lowest BCUT2D eigenvalue weighted by molar-refractivity contribution is -0.129. The molecule has 0 unspecified atom stereocenters. The number of ether oxygens (including phenoxy) is 1. The van der Waals surface area contributed by atoms with Gasteiger partial charge in [0.05, 0.1) is 24.6 Å². The van der Waals surface area contributed by atoms with Crippen LogP contribution in [0.4, 0.5) is 4.39 Å². The second kappa shape index (κ2) is 7.35. The second-order valence-electron chi connectivity index (χ2n) is 5.94. The third-order valence-electron chi connectivity index (χ3n) is 4.16. The zero-order valence-electron chi connectivity index (χ0n) is 14.5. The molecule has 2 aromatic carbocycles. The number of hydrogen-bond donors (Lipinski definition) is 1. The summed E-state index contributed by atoms with van der Waals surface area (Å²) in [5, 5.41) is 7.57. The van der Waals surface area contributed by atoms with Crippen molar-refractivity contribution in [2.45, 2.75) is 13.0 Å². The van der Waals surface area contributed by atoms with E-state index in [1.165, 1.54) is 24.1 Å². The highest BCUT2D eigenvalue weighted by Crippen LogP contribution is 2.19. The Morgan fingerprint density at radius 1 is 1.23 bits per heavy atom. The molecule has 1 amide bonds. The maximum Gasteiger partial charge on any atom is 0.272 e. The van der Waals surface area contributed by atoms with E-state index in [0.717, 1.165) is 0 Å². The summed E-state index contributed by atoms with van der Waals surface area (Å²) in [6.07, 6.45) is 0.0342. The van der Waals surface area contributed by atoms with E-state index in [1.54, 1.807) is 37.4 Å². The van der Waals surface area contributed by atoms with Crippen LogP contribution in [0.1, 0.15) is 11.3 Å². The first-order valence-electron chi connectivity index (χ1n) is 8.02. The molecule has 3 aromatic rings. The van der Waals surface area contributed by atoms with Crippen LogP contribution in [-0.2, 0) is 17.8 Å². The van der Waals surface area contributed by atoms with Crippen LogP contribution in [0.3, 0.4) is 0 Å². The number of amides is 1. The Morgan fingerprint density at radius 2 is 1.96 bits per heavy atom. The minimum atomic E-state index is -0.473. The maximum absolute atomic E-state index is 13.8. The topological polar surface area (TPSA) is 75.3 Å². The van der Waals surface area contributed by atoms with Gasteiger partial charge in [0.1, 0.15) is 0 Å². The number of halogens is 1. The maximum atomic E-state index is 13.8. The van der Waals surface area contributed by atoms with Gasteiger partial charge in [0.25, 0.3) is 5.56 Å². The first kappa shape index (κ1) is 17.6. The van der Waals surface area contributed by atoms with Crippen molar-refractivity contribution in [2.24, 2.45) is 0 Å². The van der Waals surface area contributed by atoms with Crippen molar-refractivity contribution in [2.75, 3.05) is 14.2 Å². The van der Waals surface area contributed by atoms with Gasteiger partial charge in [-0.1, -0.05) is 24.3 Å². The molecule has 0 saturated carbocycles.